The molecular formula is C19H30N3O2+. The van der Waals surface area contributed by atoms with Gasteiger partial charge in [0.1, 0.15) is 6.04 Å². The van der Waals surface area contributed by atoms with Crippen LogP contribution in [0.4, 0.5) is 4.79 Å². The van der Waals surface area contributed by atoms with Crippen molar-refractivity contribution < 1.29 is 14.9 Å². The largest absolute Gasteiger partial charge is 0.336 e. The molecule has 1 aliphatic rings. The number of nitrogens with two attached hydrogens (primary N) is 1. The lowest BCUT2D eigenvalue weighted by atomic mass is 9.92. The van der Waals surface area contributed by atoms with Crippen LogP contribution in [0.15, 0.2) is 24.3 Å². The summed E-state index contributed by atoms with van der Waals surface area (Å²) >= 11 is 0. The summed E-state index contributed by atoms with van der Waals surface area (Å²) in [4.78, 5) is 25.1. The maximum atomic E-state index is 12.2. The van der Waals surface area contributed by atoms with Gasteiger partial charge in [-0.05, 0) is 17.9 Å². The number of urea groups is 1. The molecule has 0 unspecified atom stereocenters. The predicted molar refractivity (Wildman–Crippen MR) is 94.6 cm³/mol. The van der Waals surface area contributed by atoms with Crippen LogP contribution < -0.4 is 10.6 Å². The molecule has 2 atom stereocenters. The van der Waals surface area contributed by atoms with E-state index in [0.717, 1.165) is 6.42 Å². The van der Waals surface area contributed by atoms with E-state index in [4.69, 9.17) is 0 Å². The van der Waals surface area contributed by atoms with Crippen LogP contribution in [-0.4, -0.2) is 36.5 Å². The van der Waals surface area contributed by atoms with Gasteiger partial charge in [0.2, 0.25) is 0 Å². The first kappa shape index (κ1) is 18.5. The Bertz CT molecular complexity index is 568. The minimum Gasteiger partial charge on any atom is -0.336 e. The standard InChI is InChI=1S/C19H29N3O2/c1-5-14(4)15-6-8-16(9-7-15)18(13(2)3)21-12-17(23)22-11-10-20-19(22)24/h6-9,13-14,18,21H,5,10-12H2,1-4H3,(H,20,24)/p+1/t14-,18+/m1/s1. The van der Waals surface area contributed by atoms with Crippen molar-refractivity contribution in [3.05, 3.63) is 35.4 Å². The molecule has 0 bridgehead atoms. The summed E-state index contributed by atoms with van der Waals surface area (Å²) in [5, 5.41) is 4.72. The maximum Gasteiger partial charge on any atom is 0.324 e. The smallest absolute Gasteiger partial charge is 0.324 e. The van der Waals surface area contributed by atoms with Gasteiger partial charge >= 0.3 is 6.03 Å². The number of carbonyl (C=O) groups excluding carboxylic acids is 2. The number of benzene rings is 1. The minimum atomic E-state index is -0.271. The molecule has 2 rings (SSSR count). The molecule has 5 nitrogen and oxygen atoms in total. The van der Waals surface area contributed by atoms with Crippen LogP contribution in [0.5, 0.6) is 0 Å². The van der Waals surface area contributed by atoms with Crippen LogP contribution in [0.1, 0.15) is 57.2 Å². The molecule has 24 heavy (non-hydrogen) atoms. The second-order valence-corrected chi connectivity index (χ2v) is 6.96. The summed E-state index contributed by atoms with van der Waals surface area (Å²) in [6.07, 6.45) is 1.13. The van der Waals surface area contributed by atoms with Gasteiger partial charge in [-0.1, -0.05) is 52.0 Å². The number of rotatable bonds is 7. The Morgan fingerprint density at radius 3 is 2.33 bits per heavy atom. The SMILES string of the molecule is CC[C@@H](C)c1ccc([C@@H]([NH2+]CC(=O)N2CCNC2=O)C(C)C)cc1. The zero-order valence-electron chi connectivity index (χ0n) is 15.2. The van der Waals surface area contributed by atoms with Gasteiger partial charge in [0.15, 0.2) is 6.54 Å². The average molecular weight is 332 g/mol. The van der Waals surface area contributed by atoms with Crippen molar-refractivity contribution in [2.75, 3.05) is 19.6 Å². The van der Waals surface area contributed by atoms with Crippen molar-refractivity contribution in [2.24, 2.45) is 5.92 Å². The Hall–Kier alpha value is -1.88. The van der Waals surface area contributed by atoms with E-state index in [2.05, 4.69) is 62.6 Å². The molecule has 1 aromatic rings. The van der Waals surface area contributed by atoms with Crippen molar-refractivity contribution >= 4 is 11.9 Å². The van der Waals surface area contributed by atoms with E-state index in [-0.39, 0.29) is 18.0 Å². The lowest BCUT2D eigenvalue weighted by Gasteiger charge is -2.21. The van der Waals surface area contributed by atoms with Gasteiger partial charge in [0, 0.05) is 24.6 Å². The third-order valence-corrected chi connectivity index (χ3v) is 4.93. The molecule has 0 saturated carbocycles. The number of carbonyl (C=O) groups is 2. The molecule has 1 aliphatic heterocycles. The molecule has 132 valence electrons. The van der Waals surface area contributed by atoms with Crippen molar-refractivity contribution in [3.63, 3.8) is 0 Å². The molecule has 0 aliphatic carbocycles. The highest BCUT2D eigenvalue weighted by Gasteiger charge is 2.28. The Morgan fingerprint density at radius 1 is 1.21 bits per heavy atom. The van der Waals surface area contributed by atoms with Crippen molar-refractivity contribution in [1.82, 2.24) is 10.2 Å². The van der Waals surface area contributed by atoms with E-state index in [1.54, 1.807) is 0 Å². The summed E-state index contributed by atoms with van der Waals surface area (Å²) in [6, 6.07) is 8.69. The van der Waals surface area contributed by atoms with Crippen LogP contribution in [0, 0.1) is 5.92 Å². The van der Waals surface area contributed by atoms with Gasteiger partial charge < -0.3 is 10.6 Å². The van der Waals surface area contributed by atoms with Crippen molar-refractivity contribution in [1.29, 1.82) is 0 Å². The molecular weight excluding hydrogens is 302 g/mol. The molecule has 0 aromatic heterocycles. The number of nitrogens with one attached hydrogen (secondary N) is 1. The maximum absolute atomic E-state index is 12.2. The topological polar surface area (TPSA) is 66.0 Å². The summed E-state index contributed by atoms with van der Waals surface area (Å²) in [5.74, 6) is 0.849. The monoisotopic (exact) mass is 332 g/mol. The summed E-state index contributed by atoms with van der Waals surface area (Å²) < 4.78 is 0. The fraction of sp³-hybridized carbons (Fsp3) is 0.579. The molecule has 1 fully saturated rings. The first-order valence-corrected chi connectivity index (χ1v) is 8.95. The lowest BCUT2D eigenvalue weighted by molar-refractivity contribution is -0.692. The van der Waals surface area contributed by atoms with Crippen molar-refractivity contribution in [3.8, 4) is 0 Å². The van der Waals surface area contributed by atoms with E-state index in [0.29, 0.717) is 31.5 Å². The van der Waals surface area contributed by atoms with E-state index >= 15 is 0 Å². The molecule has 0 spiro atoms. The molecule has 3 N–H and O–H groups in total. The molecule has 5 heteroatoms. The lowest BCUT2D eigenvalue weighted by Crippen LogP contribution is -2.88. The Kier molecular flexibility index (Phi) is 6.37. The van der Waals surface area contributed by atoms with Crippen LogP contribution in [0.2, 0.25) is 0 Å². The van der Waals surface area contributed by atoms with Gasteiger partial charge in [0.05, 0.1) is 0 Å². The molecule has 0 radical (unpaired) electrons. The van der Waals surface area contributed by atoms with Gasteiger partial charge in [-0.2, -0.15) is 0 Å². The molecule has 1 saturated heterocycles. The average Bonchev–Trinajstić information content (AvgIpc) is 3.00. The predicted octanol–water partition coefficient (Wildman–Crippen LogP) is 2.01. The number of quaternary nitrogens is 1. The van der Waals surface area contributed by atoms with Crippen LogP contribution >= 0.6 is 0 Å². The fourth-order valence-electron chi connectivity index (χ4n) is 3.12. The van der Waals surface area contributed by atoms with Crippen LogP contribution in [-0.2, 0) is 4.79 Å². The van der Waals surface area contributed by atoms with Gasteiger partial charge in [-0.25, -0.2) is 4.79 Å². The quantitative estimate of drug-likeness (QED) is 0.802. The summed E-state index contributed by atoms with van der Waals surface area (Å²) in [7, 11) is 0. The van der Waals surface area contributed by atoms with Gasteiger partial charge in [-0.3, -0.25) is 9.69 Å². The van der Waals surface area contributed by atoms with E-state index in [1.165, 1.54) is 16.0 Å². The van der Waals surface area contributed by atoms with Gasteiger partial charge in [-0.15, -0.1) is 0 Å². The zero-order valence-corrected chi connectivity index (χ0v) is 15.2. The number of hydrogen-bond acceptors (Lipinski definition) is 2. The number of imide groups is 1. The first-order valence-electron chi connectivity index (χ1n) is 8.95. The first-order chi connectivity index (χ1) is 11.4. The summed E-state index contributed by atoms with van der Waals surface area (Å²) in [6.45, 7) is 10.1. The van der Waals surface area contributed by atoms with Crippen LogP contribution in [0.3, 0.4) is 0 Å². The fourth-order valence-corrected chi connectivity index (χ4v) is 3.12. The number of nitrogens with zero attached hydrogens (tertiary/aromatic N) is 1. The highest BCUT2D eigenvalue weighted by Crippen LogP contribution is 2.23. The van der Waals surface area contributed by atoms with E-state index in [1.807, 2.05) is 0 Å². The highest BCUT2D eigenvalue weighted by molar-refractivity contribution is 5.96. The third kappa shape index (κ3) is 4.35. The minimum absolute atomic E-state index is 0.119. The number of hydrogen-bond donors (Lipinski definition) is 2. The van der Waals surface area contributed by atoms with E-state index < -0.39 is 0 Å². The highest BCUT2D eigenvalue weighted by atomic mass is 16.2. The third-order valence-electron chi connectivity index (χ3n) is 4.93. The Labute approximate surface area is 144 Å². The zero-order chi connectivity index (χ0) is 17.7. The Morgan fingerprint density at radius 2 is 1.83 bits per heavy atom. The number of amides is 3. The van der Waals surface area contributed by atoms with Gasteiger partial charge in [0.25, 0.3) is 5.91 Å². The second-order valence-electron chi connectivity index (χ2n) is 6.96. The van der Waals surface area contributed by atoms with Crippen molar-refractivity contribution in [2.45, 2.75) is 46.1 Å². The summed E-state index contributed by atoms with van der Waals surface area (Å²) in [5.41, 5.74) is 2.59. The normalized spacial score (nSPS) is 17.0. The molecule has 1 heterocycles. The Balaban J connectivity index is 2.01. The molecule has 1 aromatic carbocycles. The molecule has 3 amide bonds. The van der Waals surface area contributed by atoms with Crippen LogP contribution in [0.25, 0.3) is 0 Å². The second kappa shape index (κ2) is 8.29. The van der Waals surface area contributed by atoms with E-state index in [9.17, 15) is 9.59 Å².